The maximum Gasteiger partial charge on any atom is 0.262 e. The van der Waals surface area contributed by atoms with Gasteiger partial charge >= 0.3 is 0 Å². The fraction of sp³-hybridized carbons (Fsp3) is 0.917. The number of nitrogens with zero attached hydrogens (tertiary/aromatic N) is 1. The zero-order chi connectivity index (χ0) is 13.9. The summed E-state index contributed by atoms with van der Waals surface area (Å²) < 4.78 is 31.2. The summed E-state index contributed by atoms with van der Waals surface area (Å²) in [6.45, 7) is 5.30. The molecule has 0 aromatic rings. The van der Waals surface area contributed by atoms with Crippen LogP contribution in [-0.2, 0) is 9.53 Å². The first kappa shape index (κ1) is 20.8. The normalized spacial score (nSPS) is 26.3. The van der Waals surface area contributed by atoms with Gasteiger partial charge in [-0.15, -0.1) is 24.8 Å². The molecule has 2 heterocycles. The van der Waals surface area contributed by atoms with Crippen molar-refractivity contribution in [1.82, 2.24) is 15.5 Å². The molecule has 5 nitrogen and oxygen atoms in total. The largest absolute Gasteiger partial charge is 0.379 e. The van der Waals surface area contributed by atoms with Gasteiger partial charge in [0.05, 0.1) is 25.8 Å². The molecular formula is C12H23Cl2F2N3O2. The van der Waals surface area contributed by atoms with E-state index in [1.165, 1.54) is 0 Å². The van der Waals surface area contributed by atoms with Crippen LogP contribution in [0.15, 0.2) is 0 Å². The lowest BCUT2D eigenvalue weighted by Crippen LogP contribution is -2.49. The molecule has 2 aliphatic heterocycles. The van der Waals surface area contributed by atoms with Gasteiger partial charge in [0.1, 0.15) is 0 Å². The highest BCUT2D eigenvalue weighted by molar-refractivity contribution is 5.85. The molecule has 21 heavy (non-hydrogen) atoms. The Balaban J connectivity index is 0.00000200. The van der Waals surface area contributed by atoms with Gasteiger partial charge in [0.25, 0.3) is 5.92 Å². The summed E-state index contributed by atoms with van der Waals surface area (Å²) in [7, 11) is 0. The van der Waals surface area contributed by atoms with E-state index >= 15 is 0 Å². The number of carbonyl (C=O) groups excluding carboxylic acids is 1. The number of hydrogen-bond acceptors (Lipinski definition) is 4. The Labute approximate surface area is 136 Å². The summed E-state index contributed by atoms with van der Waals surface area (Å²) in [5.41, 5.74) is 0. The van der Waals surface area contributed by atoms with Crippen LogP contribution in [0.5, 0.6) is 0 Å². The van der Waals surface area contributed by atoms with E-state index < -0.39 is 24.9 Å². The minimum Gasteiger partial charge on any atom is -0.379 e. The Hall–Kier alpha value is -0.210. The third-order valence-corrected chi connectivity index (χ3v) is 3.45. The smallest absolute Gasteiger partial charge is 0.262 e. The molecule has 2 aliphatic rings. The Morgan fingerprint density at radius 1 is 1.43 bits per heavy atom. The Morgan fingerprint density at radius 3 is 2.57 bits per heavy atom. The van der Waals surface area contributed by atoms with Gasteiger partial charge in [0.15, 0.2) is 0 Å². The molecular weight excluding hydrogens is 327 g/mol. The maximum atomic E-state index is 13.0. The van der Waals surface area contributed by atoms with E-state index in [-0.39, 0.29) is 36.8 Å². The standard InChI is InChI=1S/C12H21F2N3O2.2ClH/c1-9(7-17-2-4-19-5-3-17)16-11(18)10-6-12(13,14)8-15-10;;/h9-10,15H,2-8H2,1H3,(H,16,18);2*1H. The van der Waals surface area contributed by atoms with E-state index in [2.05, 4.69) is 15.5 Å². The third kappa shape index (κ3) is 6.61. The van der Waals surface area contributed by atoms with Gasteiger partial charge in [0, 0.05) is 32.1 Å². The van der Waals surface area contributed by atoms with Crippen LogP contribution >= 0.6 is 24.8 Å². The van der Waals surface area contributed by atoms with E-state index in [4.69, 9.17) is 4.74 Å². The molecule has 1 amide bonds. The van der Waals surface area contributed by atoms with Crippen molar-refractivity contribution < 1.29 is 18.3 Å². The first-order chi connectivity index (χ1) is 8.96. The van der Waals surface area contributed by atoms with E-state index in [0.29, 0.717) is 13.2 Å². The second-order valence-corrected chi connectivity index (χ2v) is 5.32. The van der Waals surface area contributed by atoms with Crippen molar-refractivity contribution in [2.75, 3.05) is 39.4 Å². The number of rotatable bonds is 4. The second kappa shape index (κ2) is 9.05. The van der Waals surface area contributed by atoms with Crippen molar-refractivity contribution in [2.24, 2.45) is 0 Å². The van der Waals surface area contributed by atoms with Crippen molar-refractivity contribution in [3.63, 3.8) is 0 Å². The molecule has 9 heteroatoms. The molecule has 2 unspecified atom stereocenters. The Morgan fingerprint density at radius 2 is 2.05 bits per heavy atom. The highest BCUT2D eigenvalue weighted by atomic mass is 35.5. The number of amides is 1. The number of ether oxygens (including phenoxy) is 1. The van der Waals surface area contributed by atoms with Crippen LogP contribution in [0.3, 0.4) is 0 Å². The van der Waals surface area contributed by atoms with Gasteiger partial charge in [-0.3, -0.25) is 15.0 Å². The molecule has 2 atom stereocenters. The number of halogens is 4. The van der Waals surface area contributed by atoms with Crippen LogP contribution in [0.25, 0.3) is 0 Å². The summed E-state index contributed by atoms with van der Waals surface area (Å²) in [6, 6.07) is -0.830. The first-order valence-corrected chi connectivity index (χ1v) is 6.68. The van der Waals surface area contributed by atoms with Crippen molar-refractivity contribution in [3.8, 4) is 0 Å². The third-order valence-electron chi connectivity index (χ3n) is 3.45. The molecule has 0 radical (unpaired) electrons. The molecule has 0 aromatic carbocycles. The Bertz CT molecular complexity index is 332. The number of carbonyl (C=O) groups is 1. The molecule has 126 valence electrons. The molecule has 0 spiro atoms. The summed E-state index contributed by atoms with van der Waals surface area (Å²) in [5, 5.41) is 5.35. The second-order valence-electron chi connectivity index (χ2n) is 5.32. The molecule has 2 N–H and O–H groups in total. The van der Waals surface area contributed by atoms with E-state index in [1.807, 2.05) is 6.92 Å². The number of alkyl halides is 2. The fourth-order valence-corrected chi connectivity index (χ4v) is 2.46. The van der Waals surface area contributed by atoms with E-state index in [0.717, 1.165) is 19.6 Å². The summed E-state index contributed by atoms with van der Waals surface area (Å²) in [5.74, 6) is -3.10. The van der Waals surface area contributed by atoms with Crippen molar-refractivity contribution in [1.29, 1.82) is 0 Å². The lowest BCUT2D eigenvalue weighted by Gasteiger charge is -2.29. The molecule has 2 rings (SSSR count). The van der Waals surface area contributed by atoms with Gasteiger partial charge in [-0.05, 0) is 6.92 Å². The number of hydrogen-bond donors (Lipinski definition) is 2. The average molecular weight is 350 g/mol. The molecule has 0 aliphatic carbocycles. The average Bonchev–Trinajstić information content (AvgIpc) is 2.71. The zero-order valence-corrected chi connectivity index (χ0v) is 13.6. The predicted octanol–water partition coefficient (Wildman–Crippen LogP) is 0.664. The van der Waals surface area contributed by atoms with Crippen LogP contribution < -0.4 is 10.6 Å². The molecule has 0 saturated carbocycles. The summed E-state index contributed by atoms with van der Waals surface area (Å²) >= 11 is 0. The predicted molar refractivity (Wildman–Crippen MR) is 80.7 cm³/mol. The zero-order valence-electron chi connectivity index (χ0n) is 11.9. The minimum absolute atomic E-state index is 0. The van der Waals surface area contributed by atoms with E-state index in [1.54, 1.807) is 0 Å². The van der Waals surface area contributed by atoms with Crippen LogP contribution in [0.2, 0.25) is 0 Å². The summed E-state index contributed by atoms with van der Waals surface area (Å²) in [6.07, 6.45) is -0.414. The minimum atomic E-state index is -2.77. The fourth-order valence-electron chi connectivity index (χ4n) is 2.46. The van der Waals surface area contributed by atoms with Crippen LogP contribution in [0.1, 0.15) is 13.3 Å². The lowest BCUT2D eigenvalue weighted by atomic mass is 10.1. The SMILES string of the molecule is CC(CN1CCOCC1)NC(=O)C1CC(F)(F)CN1.Cl.Cl. The van der Waals surface area contributed by atoms with E-state index in [9.17, 15) is 13.6 Å². The van der Waals surface area contributed by atoms with Crippen molar-refractivity contribution in [3.05, 3.63) is 0 Å². The number of morpholine rings is 1. The van der Waals surface area contributed by atoms with Crippen LogP contribution in [0, 0.1) is 0 Å². The van der Waals surface area contributed by atoms with Gasteiger partial charge < -0.3 is 10.1 Å². The quantitative estimate of drug-likeness (QED) is 0.783. The number of nitrogens with one attached hydrogen (secondary N) is 2. The van der Waals surface area contributed by atoms with Crippen LogP contribution in [-0.4, -0.2) is 68.2 Å². The monoisotopic (exact) mass is 349 g/mol. The van der Waals surface area contributed by atoms with Crippen molar-refractivity contribution >= 4 is 30.7 Å². The van der Waals surface area contributed by atoms with Crippen LogP contribution in [0.4, 0.5) is 8.78 Å². The van der Waals surface area contributed by atoms with Crippen molar-refractivity contribution in [2.45, 2.75) is 31.4 Å². The highest BCUT2D eigenvalue weighted by Gasteiger charge is 2.42. The van der Waals surface area contributed by atoms with Gasteiger partial charge in [-0.25, -0.2) is 8.78 Å². The summed E-state index contributed by atoms with van der Waals surface area (Å²) in [4.78, 5) is 14.0. The topological polar surface area (TPSA) is 53.6 Å². The molecule has 2 saturated heterocycles. The highest BCUT2D eigenvalue weighted by Crippen LogP contribution is 2.25. The molecule has 0 aromatic heterocycles. The molecule has 0 bridgehead atoms. The maximum absolute atomic E-state index is 13.0. The molecule has 2 fully saturated rings. The lowest BCUT2D eigenvalue weighted by molar-refractivity contribution is -0.124. The van der Waals surface area contributed by atoms with Gasteiger partial charge in [0.2, 0.25) is 5.91 Å². The first-order valence-electron chi connectivity index (χ1n) is 6.68. The Kier molecular flexibility index (Phi) is 8.96. The van der Waals surface area contributed by atoms with Gasteiger partial charge in [-0.2, -0.15) is 0 Å². The van der Waals surface area contributed by atoms with Gasteiger partial charge in [-0.1, -0.05) is 0 Å².